The van der Waals surface area contributed by atoms with Crippen LogP contribution < -0.4 is 0 Å². The summed E-state index contributed by atoms with van der Waals surface area (Å²) in [6.07, 6.45) is 7.61. The number of para-hydroxylation sites is 1. The number of carbonyl (C=O) groups is 1. The standard InChI is InChI=1S/C14H20O2/c1-2-3-4-5-6-8-12-9-7-10-13(11-15)14(12)16/h7,9-11,16H,2-6,8H2,1H3. The zero-order chi connectivity index (χ0) is 11.8. The fourth-order valence-corrected chi connectivity index (χ4v) is 1.83. The molecule has 0 fully saturated rings. The van der Waals surface area contributed by atoms with Crippen LogP contribution in [0.5, 0.6) is 5.75 Å². The molecule has 2 nitrogen and oxygen atoms in total. The highest BCUT2D eigenvalue weighted by Gasteiger charge is 2.05. The van der Waals surface area contributed by atoms with Crippen LogP contribution in [0.25, 0.3) is 0 Å². The lowest BCUT2D eigenvalue weighted by Gasteiger charge is -2.06. The van der Waals surface area contributed by atoms with Crippen molar-refractivity contribution in [2.24, 2.45) is 0 Å². The van der Waals surface area contributed by atoms with Crippen LogP contribution in [0.1, 0.15) is 54.9 Å². The number of rotatable bonds is 7. The number of phenols is 1. The van der Waals surface area contributed by atoms with Gasteiger partial charge in [-0.15, -0.1) is 0 Å². The van der Waals surface area contributed by atoms with Gasteiger partial charge in [0.1, 0.15) is 5.75 Å². The van der Waals surface area contributed by atoms with Crippen LogP contribution in [-0.2, 0) is 6.42 Å². The molecule has 1 N–H and O–H groups in total. The van der Waals surface area contributed by atoms with Gasteiger partial charge in [0.15, 0.2) is 6.29 Å². The predicted molar refractivity (Wildman–Crippen MR) is 66.0 cm³/mol. The molecule has 1 rings (SSSR count). The van der Waals surface area contributed by atoms with Gasteiger partial charge in [-0.25, -0.2) is 0 Å². The van der Waals surface area contributed by atoms with Gasteiger partial charge < -0.3 is 5.11 Å². The molecule has 0 bridgehead atoms. The van der Waals surface area contributed by atoms with Crippen molar-refractivity contribution in [3.05, 3.63) is 29.3 Å². The van der Waals surface area contributed by atoms with E-state index in [2.05, 4.69) is 6.92 Å². The molecule has 16 heavy (non-hydrogen) atoms. The lowest BCUT2D eigenvalue weighted by Crippen LogP contribution is -1.90. The molecule has 0 saturated carbocycles. The van der Waals surface area contributed by atoms with Gasteiger partial charge in [-0.05, 0) is 24.5 Å². The molecule has 0 aliphatic heterocycles. The number of benzene rings is 1. The van der Waals surface area contributed by atoms with E-state index in [9.17, 15) is 9.90 Å². The van der Waals surface area contributed by atoms with E-state index in [0.29, 0.717) is 11.8 Å². The smallest absolute Gasteiger partial charge is 0.153 e. The van der Waals surface area contributed by atoms with E-state index in [1.165, 1.54) is 25.7 Å². The average Bonchev–Trinajstić information content (AvgIpc) is 2.31. The summed E-state index contributed by atoms with van der Waals surface area (Å²) >= 11 is 0. The van der Waals surface area contributed by atoms with Crippen LogP contribution in [0.3, 0.4) is 0 Å². The molecule has 0 atom stereocenters. The first-order valence-electron chi connectivity index (χ1n) is 6.05. The highest BCUT2D eigenvalue weighted by molar-refractivity contribution is 5.79. The minimum absolute atomic E-state index is 0.160. The molecule has 88 valence electrons. The fraction of sp³-hybridized carbons (Fsp3) is 0.500. The highest BCUT2D eigenvalue weighted by Crippen LogP contribution is 2.22. The summed E-state index contributed by atoms with van der Waals surface area (Å²) in [6, 6.07) is 5.36. The minimum atomic E-state index is 0.160. The Morgan fingerprint density at radius 3 is 2.62 bits per heavy atom. The summed E-state index contributed by atoms with van der Waals surface area (Å²) in [5.41, 5.74) is 1.28. The van der Waals surface area contributed by atoms with E-state index in [-0.39, 0.29) is 5.75 Å². The molecule has 0 spiro atoms. The van der Waals surface area contributed by atoms with E-state index >= 15 is 0 Å². The predicted octanol–water partition coefficient (Wildman–Crippen LogP) is 3.72. The summed E-state index contributed by atoms with van der Waals surface area (Å²) in [7, 11) is 0. The number of unbranched alkanes of at least 4 members (excludes halogenated alkanes) is 4. The van der Waals surface area contributed by atoms with Crippen molar-refractivity contribution in [2.75, 3.05) is 0 Å². The number of phenolic OH excluding ortho intramolecular Hbond substituents is 1. The van der Waals surface area contributed by atoms with Gasteiger partial charge >= 0.3 is 0 Å². The first kappa shape index (κ1) is 12.8. The lowest BCUT2D eigenvalue weighted by atomic mass is 10.0. The molecule has 1 aromatic rings. The summed E-state index contributed by atoms with van der Waals surface area (Å²) in [5.74, 6) is 0.160. The van der Waals surface area contributed by atoms with Gasteiger partial charge in [-0.1, -0.05) is 44.7 Å². The number of hydrogen-bond acceptors (Lipinski definition) is 2. The Hall–Kier alpha value is -1.31. The summed E-state index contributed by atoms with van der Waals surface area (Å²) < 4.78 is 0. The zero-order valence-electron chi connectivity index (χ0n) is 9.91. The SMILES string of the molecule is CCCCCCCc1cccc(C=O)c1O. The van der Waals surface area contributed by atoms with Crippen molar-refractivity contribution < 1.29 is 9.90 Å². The van der Waals surface area contributed by atoms with Crippen molar-refractivity contribution in [1.29, 1.82) is 0 Å². The highest BCUT2D eigenvalue weighted by atomic mass is 16.3. The molecule has 0 aliphatic rings. The Bertz CT molecular complexity index is 332. The first-order chi connectivity index (χ1) is 7.79. The van der Waals surface area contributed by atoms with E-state index in [0.717, 1.165) is 18.4 Å². The van der Waals surface area contributed by atoms with Gasteiger partial charge in [-0.3, -0.25) is 4.79 Å². The Morgan fingerprint density at radius 1 is 1.19 bits per heavy atom. The van der Waals surface area contributed by atoms with E-state index in [4.69, 9.17) is 0 Å². The Morgan fingerprint density at radius 2 is 1.94 bits per heavy atom. The molecule has 0 amide bonds. The third kappa shape index (κ3) is 3.69. The van der Waals surface area contributed by atoms with Gasteiger partial charge in [0.25, 0.3) is 0 Å². The van der Waals surface area contributed by atoms with Crippen LogP contribution in [-0.4, -0.2) is 11.4 Å². The average molecular weight is 220 g/mol. The molecule has 1 aromatic carbocycles. The van der Waals surface area contributed by atoms with Crippen molar-refractivity contribution >= 4 is 6.29 Å². The van der Waals surface area contributed by atoms with Crippen molar-refractivity contribution in [1.82, 2.24) is 0 Å². The maximum Gasteiger partial charge on any atom is 0.153 e. The molecule has 0 heterocycles. The zero-order valence-corrected chi connectivity index (χ0v) is 9.91. The van der Waals surface area contributed by atoms with Gasteiger partial charge in [-0.2, -0.15) is 0 Å². The van der Waals surface area contributed by atoms with E-state index in [1.54, 1.807) is 6.07 Å². The van der Waals surface area contributed by atoms with Crippen LogP contribution in [0, 0.1) is 0 Å². The van der Waals surface area contributed by atoms with Crippen LogP contribution >= 0.6 is 0 Å². The number of aromatic hydroxyl groups is 1. The fourth-order valence-electron chi connectivity index (χ4n) is 1.83. The third-order valence-electron chi connectivity index (χ3n) is 2.83. The Balaban J connectivity index is 2.44. The first-order valence-corrected chi connectivity index (χ1v) is 6.05. The quantitative estimate of drug-likeness (QED) is 0.561. The number of aldehydes is 1. The van der Waals surface area contributed by atoms with Crippen molar-refractivity contribution in [3.63, 3.8) is 0 Å². The number of carbonyl (C=O) groups excluding carboxylic acids is 1. The monoisotopic (exact) mass is 220 g/mol. The van der Waals surface area contributed by atoms with Crippen LogP contribution in [0.2, 0.25) is 0 Å². The molecule has 0 unspecified atom stereocenters. The minimum Gasteiger partial charge on any atom is -0.507 e. The normalized spacial score (nSPS) is 10.3. The van der Waals surface area contributed by atoms with E-state index in [1.807, 2.05) is 12.1 Å². The van der Waals surface area contributed by atoms with Crippen molar-refractivity contribution in [2.45, 2.75) is 45.4 Å². The molecular weight excluding hydrogens is 200 g/mol. The molecule has 0 radical (unpaired) electrons. The molecule has 2 heteroatoms. The Kier molecular flexibility index (Phi) is 5.62. The summed E-state index contributed by atoms with van der Waals surface area (Å²) in [4.78, 5) is 10.6. The number of aryl methyl sites for hydroxylation is 1. The second-order valence-electron chi connectivity index (χ2n) is 4.14. The molecule has 0 saturated heterocycles. The molecular formula is C14H20O2. The van der Waals surface area contributed by atoms with Crippen LogP contribution in [0.15, 0.2) is 18.2 Å². The van der Waals surface area contributed by atoms with Gasteiger partial charge in [0.05, 0.1) is 5.56 Å². The maximum absolute atomic E-state index is 10.6. The molecule has 0 aliphatic carbocycles. The summed E-state index contributed by atoms with van der Waals surface area (Å²) in [5, 5.41) is 9.76. The largest absolute Gasteiger partial charge is 0.507 e. The second-order valence-corrected chi connectivity index (χ2v) is 4.14. The Labute approximate surface area is 97.3 Å². The van der Waals surface area contributed by atoms with E-state index < -0.39 is 0 Å². The number of hydrogen-bond donors (Lipinski definition) is 1. The van der Waals surface area contributed by atoms with Crippen molar-refractivity contribution in [3.8, 4) is 5.75 Å². The second kappa shape index (κ2) is 7.04. The maximum atomic E-state index is 10.6. The lowest BCUT2D eigenvalue weighted by molar-refractivity contribution is 0.112. The molecule has 0 aromatic heterocycles. The summed E-state index contributed by atoms with van der Waals surface area (Å²) in [6.45, 7) is 2.19. The van der Waals surface area contributed by atoms with Gasteiger partial charge in [0, 0.05) is 0 Å². The van der Waals surface area contributed by atoms with Crippen LogP contribution in [0.4, 0.5) is 0 Å². The topological polar surface area (TPSA) is 37.3 Å². The third-order valence-corrected chi connectivity index (χ3v) is 2.83. The van der Waals surface area contributed by atoms with Gasteiger partial charge in [0.2, 0.25) is 0 Å².